The van der Waals surface area contributed by atoms with Gasteiger partial charge in [0.05, 0.1) is 16.7 Å². The van der Waals surface area contributed by atoms with Gasteiger partial charge in [0.1, 0.15) is 0 Å². The summed E-state index contributed by atoms with van der Waals surface area (Å²) in [6, 6.07) is 44.0. The van der Waals surface area contributed by atoms with E-state index in [0.29, 0.717) is 0 Å². The lowest BCUT2D eigenvalue weighted by atomic mass is 9.68. The molecule has 0 N–H and O–H groups in total. The van der Waals surface area contributed by atoms with Crippen molar-refractivity contribution < 1.29 is 0 Å². The first kappa shape index (κ1) is 26.3. The standard InChI is InChI=1S/C45H37N/c1-43(2)34-16-11-10-15-30(34)31-20-19-27(23-37(31)43)29-22-33-32-21-28(26-13-8-7-9-14-26)24-38-40(32)46-41(33)39(25-29)45(5,6)36-18-12-17-35(42(36)46)44(38,3)4/h7-25H,1-6H3. The highest BCUT2D eigenvalue weighted by Gasteiger charge is 2.44. The van der Waals surface area contributed by atoms with Crippen LogP contribution in [0.5, 0.6) is 0 Å². The van der Waals surface area contributed by atoms with E-state index in [4.69, 9.17) is 0 Å². The van der Waals surface area contributed by atoms with Crippen LogP contribution in [0.1, 0.15) is 74.9 Å². The second kappa shape index (κ2) is 8.28. The normalized spacial score (nSPS) is 17.0. The van der Waals surface area contributed by atoms with Crippen LogP contribution in [-0.4, -0.2) is 4.57 Å². The van der Waals surface area contributed by atoms with Gasteiger partial charge in [-0.3, -0.25) is 0 Å². The maximum Gasteiger partial charge on any atom is 0.0582 e. The zero-order valence-corrected chi connectivity index (χ0v) is 27.4. The van der Waals surface area contributed by atoms with E-state index in [2.05, 4.69) is 161 Å². The third-order valence-electron chi connectivity index (χ3n) is 11.9. The minimum atomic E-state index is -0.147. The Morgan fingerprint density at radius 2 is 0.870 bits per heavy atom. The highest BCUT2D eigenvalue weighted by atomic mass is 15.0. The topological polar surface area (TPSA) is 4.93 Å². The Morgan fingerprint density at radius 3 is 1.52 bits per heavy atom. The van der Waals surface area contributed by atoms with E-state index < -0.39 is 0 Å². The summed E-state index contributed by atoms with van der Waals surface area (Å²) in [5.41, 5.74) is 20.2. The summed E-state index contributed by atoms with van der Waals surface area (Å²) in [5, 5.41) is 2.71. The minimum absolute atomic E-state index is 0.0330. The Morgan fingerprint density at radius 1 is 0.370 bits per heavy atom. The molecule has 1 nitrogen and oxygen atoms in total. The zero-order valence-electron chi connectivity index (χ0n) is 27.4. The molecule has 7 aromatic rings. The van der Waals surface area contributed by atoms with Gasteiger partial charge in [0.2, 0.25) is 0 Å². The highest BCUT2D eigenvalue weighted by Crippen LogP contribution is 2.57. The number of fused-ring (bicyclic) bond motifs is 4. The Hall–Kier alpha value is -4.88. The van der Waals surface area contributed by atoms with Gasteiger partial charge in [0, 0.05) is 27.0 Å². The summed E-state index contributed by atoms with van der Waals surface area (Å²) in [6.07, 6.45) is 0. The van der Waals surface area contributed by atoms with E-state index in [1.54, 1.807) is 0 Å². The van der Waals surface area contributed by atoms with E-state index in [0.717, 1.165) is 0 Å². The van der Waals surface area contributed by atoms with Crippen molar-refractivity contribution in [3.05, 3.63) is 149 Å². The number of rotatable bonds is 2. The Bertz CT molecular complexity index is 2480. The molecule has 0 fully saturated rings. The van der Waals surface area contributed by atoms with Gasteiger partial charge in [-0.25, -0.2) is 0 Å². The van der Waals surface area contributed by atoms with Crippen LogP contribution in [-0.2, 0) is 16.2 Å². The SMILES string of the molecule is CC1(C)c2ccccc2-c2ccc(-c3cc4c5c(c3)c3cc(-c6ccccc6)cc6c3n5-c3c(cccc3C4(C)C)C6(C)C)cc21. The van der Waals surface area contributed by atoms with Crippen LogP contribution in [0.3, 0.4) is 0 Å². The first-order chi connectivity index (χ1) is 22.1. The van der Waals surface area contributed by atoms with Crippen LogP contribution in [0.25, 0.3) is 60.9 Å². The smallest absolute Gasteiger partial charge is 0.0582 e. The van der Waals surface area contributed by atoms with Crippen molar-refractivity contribution in [3.8, 4) is 39.1 Å². The number of nitrogens with zero attached hydrogens (tertiary/aromatic N) is 1. The average molecular weight is 592 g/mol. The van der Waals surface area contributed by atoms with E-state index in [1.807, 2.05) is 0 Å². The fourth-order valence-corrected chi connectivity index (χ4v) is 9.38. The summed E-state index contributed by atoms with van der Waals surface area (Å²) in [6.45, 7) is 14.5. The fraction of sp³-hybridized carbons (Fsp3) is 0.200. The van der Waals surface area contributed by atoms with Gasteiger partial charge in [-0.1, -0.05) is 126 Å². The molecule has 0 atom stereocenters. The number of hydrogen-bond donors (Lipinski definition) is 0. The molecule has 3 heterocycles. The van der Waals surface area contributed by atoms with Crippen LogP contribution in [0.15, 0.2) is 115 Å². The molecule has 1 aromatic heterocycles. The lowest BCUT2D eigenvalue weighted by Gasteiger charge is -2.42. The van der Waals surface area contributed by atoms with Crippen LogP contribution in [0.2, 0.25) is 0 Å². The summed E-state index contributed by atoms with van der Waals surface area (Å²) >= 11 is 0. The van der Waals surface area contributed by atoms with E-state index in [1.165, 1.54) is 94.3 Å². The van der Waals surface area contributed by atoms with Crippen molar-refractivity contribution in [1.29, 1.82) is 0 Å². The van der Waals surface area contributed by atoms with Crippen LogP contribution in [0, 0.1) is 0 Å². The Balaban J connectivity index is 1.33. The number of benzene rings is 6. The summed E-state index contributed by atoms with van der Waals surface area (Å²) < 4.78 is 2.64. The minimum Gasteiger partial charge on any atom is -0.308 e. The molecule has 1 heteroatoms. The molecule has 0 saturated heterocycles. The monoisotopic (exact) mass is 591 g/mol. The maximum absolute atomic E-state index is 2.64. The molecule has 0 unspecified atom stereocenters. The first-order valence-corrected chi connectivity index (χ1v) is 16.7. The van der Waals surface area contributed by atoms with Gasteiger partial charge < -0.3 is 4.57 Å². The largest absolute Gasteiger partial charge is 0.308 e. The highest BCUT2D eigenvalue weighted by molar-refractivity contribution is 6.16. The molecule has 1 aliphatic carbocycles. The lowest BCUT2D eigenvalue weighted by molar-refractivity contribution is 0.594. The van der Waals surface area contributed by atoms with Crippen LogP contribution in [0.4, 0.5) is 0 Å². The van der Waals surface area contributed by atoms with Crippen molar-refractivity contribution in [2.24, 2.45) is 0 Å². The maximum atomic E-state index is 2.64. The zero-order chi connectivity index (χ0) is 31.3. The van der Waals surface area contributed by atoms with Crippen molar-refractivity contribution in [2.45, 2.75) is 57.8 Å². The Kier molecular flexibility index (Phi) is 4.74. The van der Waals surface area contributed by atoms with Crippen LogP contribution >= 0.6 is 0 Å². The molecule has 0 bridgehead atoms. The van der Waals surface area contributed by atoms with Gasteiger partial charge in [-0.2, -0.15) is 0 Å². The third kappa shape index (κ3) is 3.02. The quantitative estimate of drug-likeness (QED) is 0.188. The van der Waals surface area contributed by atoms with E-state index in [-0.39, 0.29) is 16.2 Å². The summed E-state index contributed by atoms with van der Waals surface area (Å²) in [5.74, 6) is 0. The lowest BCUT2D eigenvalue weighted by Crippen LogP contribution is -2.33. The van der Waals surface area contributed by atoms with Gasteiger partial charge in [0.15, 0.2) is 0 Å². The molecule has 10 rings (SSSR count). The first-order valence-electron chi connectivity index (χ1n) is 16.7. The molecule has 3 aliphatic rings. The molecule has 0 saturated carbocycles. The molecule has 2 aliphatic heterocycles. The number of para-hydroxylation sites is 1. The van der Waals surface area contributed by atoms with Crippen LogP contribution < -0.4 is 0 Å². The van der Waals surface area contributed by atoms with Crippen molar-refractivity contribution >= 4 is 21.8 Å². The summed E-state index contributed by atoms with van der Waals surface area (Å²) in [4.78, 5) is 0. The molecular weight excluding hydrogens is 555 g/mol. The number of hydrogen-bond acceptors (Lipinski definition) is 0. The van der Waals surface area contributed by atoms with E-state index in [9.17, 15) is 0 Å². The third-order valence-corrected chi connectivity index (χ3v) is 11.9. The molecule has 0 spiro atoms. The average Bonchev–Trinajstić information content (AvgIpc) is 3.51. The molecule has 0 amide bonds. The van der Waals surface area contributed by atoms with Gasteiger partial charge in [0.25, 0.3) is 0 Å². The molecular formula is C45H37N. The predicted molar refractivity (Wildman–Crippen MR) is 193 cm³/mol. The number of aromatic nitrogens is 1. The Labute approximate surface area is 271 Å². The van der Waals surface area contributed by atoms with Gasteiger partial charge >= 0.3 is 0 Å². The van der Waals surface area contributed by atoms with Crippen molar-refractivity contribution in [2.75, 3.05) is 0 Å². The second-order valence-electron chi connectivity index (χ2n) is 15.4. The molecule has 0 radical (unpaired) electrons. The van der Waals surface area contributed by atoms with Gasteiger partial charge in [-0.15, -0.1) is 0 Å². The molecule has 222 valence electrons. The van der Waals surface area contributed by atoms with Gasteiger partial charge in [-0.05, 0) is 97.1 Å². The second-order valence-corrected chi connectivity index (χ2v) is 15.4. The van der Waals surface area contributed by atoms with Crippen molar-refractivity contribution in [1.82, 2.24) is 4.57 Å². The summed E-state index contributed by atoms with van der Waals surface area (Å²) in [7, 11) is 0. The predicted octanol–water partition coefficient (Wildman–Crippen LogP) is 11.7. The van der Waals surface area contributed by atoms with E-state index >= 15 is 0 Å². The van der Waals surface area contributed by atoms with Crippen molar-refractivity contribution in [3.63, 3.8) is 0 Å². The molecule has 46 heavy (non-hydrogen) atoms. The molecule has 6 aromatic carbocycles. The fourth-order valence-electron chi connectivity index (χ4n) is 9.38.